The number of esters is 1. The molecule has 0 radical (unpaired) electrons. The molecule has 1 aromatic rings. The minimum Gasteiger partial charge on any atom is -0.465 e. The number of halogens is 1. The number of ketones is 1. The Balaban J connectivity index is 2.18. The van der Waals surface area contributed by atoms with E-state index in [-0.39, 0.29) is 24.6 Å². The summed E-state index contributed by atoms with van der Waals surface area (Å²) >= 11 is 0. The van der Waals surface area contributed by atoms with Gasteiger partial charge in [0.15, 0.2) is 0 Å². The summed E-state index contributed by atoms with van der Waals surface area (Å²) in [6, 6.07) is 6.20. The average molecular weight is 238 g/mol. The number of hydrogen-bond donors (Lipinski definition) is 0. The zero-order valence-electron chi connectivity index (χ0n) is 9.74. The largest absolute Gasteiger partial charge is 0.465 e. The van der Waals surface area contributed by atoms with E-state index in [9.17, 15) is 14.0 Å². The molecule has 0 unspecified atom stereocenters. The molecule has 0 aliphatic rings. The highest BCUT2D eigenvalue weighted by atomic mass is 19.1. The second-order valence-corrected chi connectivity index (χ2v) is 3.83. The Labute approximate surface area is 99.6 Å². The second-order valence-electron chi connectivity index (χ2n) is 3.83. The highest BCUT2D eigenvalue weighted by Gasteiger charge is 2.05. The van der Waals surface area contributed by atoms with Crippen LogP contribution in [0, 0.1) is 5.82 Å². The van der Waals surface area contributed by atoms with Crippen LogP contribution in [0.15, 0.2) is 24.3 Å². The second kappa shape index (κ2) is 6.78. The zero-order valence-corrected chi connectivity index (χ0v) is 9.74. The molecule has 0 saturated heterocycles. The van der Waals surface area contributed by atoms with Crippen molar-refractivity contribution in [3.8, 4) is 0 Å². The molecule has 0 saturated carbocycles. The van der Waals surface area contributed by atoms with Crippen molar-refractivity contribution >= 4 is 11.8 Å². The molecule has 0 aliphatic carbocycles. The van der Waals surface area contributed by atoms with Gasteiger partial charge in [-0.15, -0.1) is 0 Å². The molecule has 4 heteroatoms. The number of carbonyl (C=O) groups is 2. The fraction of sp³-hybridized carbons (Fsp3) is 0.385. The highest BCUT2D eigenvalue weighted by Crippen LogP contribution is 2.05. The van der Waals surface area contributed by atoms with E-state index in [1.807, 2.05) is 0 Å². The summed E-state index contributed by atoms with van der Waals surface area (Å²) < 4.78 is 17.5. The molecule has 0 fully saturated rings. The van der Waals surface area contributed by atoms with Crippen molar-refractivity contribution in [2.75, 3.05) is 6.61 Å². The Morgan fingerprint density at radius 2 is 1.88 bits per heavy atom. The number of rotatable bonds is 6. The van der Waals surface area contributed by atoms with Gasteiger partial charge in [0.25, 0.3) is 0 Å². The predicted octanol–water partition coefficient (Wildman–Crippen LogP) is 2.28. The summed E-state index contributed by atoms with van der Waals surface area (Å²) in [5.41, 5.74) is 0.994. The summed E-state index contributed by atoms with van der Waals surface area (Å²) in [5, 5.41) is 0. The first-order valence-corrected chi connectivity index (χ1v) is 5.47. The molecule has 0 aliphatic heterocycles. The summed E-state index contributed by atoms with van der Waals surface area (Å²) in [5.74, 6) is -0.952. The maximum atomic E-state index is 12.6. The van der Waals surface area contributed by atoms with E-state index in [4.69, 9.17) is 4.74 Å². The van der Waals surface area contributed by atoms with Crippen molar-refractivity contribution in [1.82, 2.24) is 0 Å². The van der Waals surface area contributed by atoms with E-state index in [1.54, 1.807) is 12.1 Å². The number of aryl methyl sites for hydroxylation is 1. The van der Waals surface area contributed by atoms with Gasteiger partial charge in [-0.1, -0.05) is 12.1 Å². The van der Waals surface area contributed by atoms with Crippen LogP contribution in [0.5, 0.6) is 0 Å². The van der Waals surface area contributed by atoms with Crippen molar-refractivity contribution in [3.05, 3.63) is 35.6 Å². The normalized spacial score (nSPS) is 10.0. The van der Waals surface area contributed by atoms with Crippen LogP contribution in [0.4, 0.5) is 4.39 Å². The van der Waals surface area contributed by atoms with Crippen LogP contribution >= 0.6 is 0 Å². The molecule has 1 rings (SSSR count). The van der Waals surface area contributed by atoms with Gasteiger partial charge < -0.3 is 4.74 Å². The van der Waals surface area contributed by atoms with Gasteiger partial charge in [0, 0.05) is 0 Å². The molecule has 0 aromatic heterocycles. The van der Waals surface area contributed by atoms with Gasteiger partial charge in [0.05, 0.1) is 6.61 Å². The average Bonchev–Trinajstić information content (AvgIpc) is 2.26. The minimum atomic E-state index is -0.489. The quantitative estimate of drug-likeness (QED) is 0.434. The fourth-order valence-electron chi connectivity index (χ4n) is 1.37. The molecular weight excluding hydrogens is 223 g/mol. The first-order valence-electron chi connectivity index (χ1n) is 5.47. The van der Waals surface area contributed by atoms with Crippen LogP contribution in [0.25, 0.3) is 0 Å². The standard InChI is InChI=1S/C13H15FO3/c1-10(15)9-13(16)17-8-2-3-11-4-6-12(14)7-5-11/h4-7H,2-3,8-9H2,1H3. The molecule has 0 bridgehead atoms. The first-order chi connectivity index (χ1) is 8.08. The Bertz CT molecular complexity index is 384. The SMILES string of the molecule is CC(=O)CC(=O)OCCCc1ccc(F)cc1. The predicted molar refractivity (Wildman–Crippen MR) is 61.0 cm³/mol. The maximum absolute atomic E-state index is 12.6. The Hall–Kier alpha value is -1.71. The van der Waals surface area contributed by atoms with Crippen LogP contribution in [0.3, 0.4) is 0 Å². The smallest absolute Gasteiger partial charge is 0.313 e. The highest BCUT2D eigenvalue weighted by molar-refractivity contribution is 5.94. The van der Waals surface area contributed by atoms with E-state index < -0.39 is 5.97 Å². The van der Waals surface area contributed by atoms with Crippen LogP contribution in [-0.2, 0) is 20.7 Å². The van der Waals surface area contributed by atoms with E-state index in [0.29, 0.717) is 12.8 Å². The number of carbonyl (C=O) groups excluding carboxylic acids is 2. The Morgan fingerprint density at radius 3 is 2.47 bits per heavy atom. The van der Waals surface area contributed by atoms with Crippen molar-refractivity contribution in [3.63, 3.8) is 0 Å². The van der Waals surface area contributed by atoms with Crippen LogP contribution in [0.2, 0.25) is 0 Å². The maximum Gasteiger partial charge on any atom is 0.313 e. The first kappa shape index (κ1) is 13.4. The molecule has 3 nitrogen and oxygen atoms in total. The molecule has 0 spiro atoms. The third kappa shape index (κ3) is 5.80. The Morgan fingerprint density at radius 1 is 1.24 bits per heavy atom. The van der Waals surface area contributed by atoms with E-state index in [0.717, 1.165) is 5.56 Å². The van der Waals surface area contributed by atoms with Crippen LogP contribution in [-0.4, -0.2) is 18.4 Å². The lowest BCUT2D eigenvalue weighted by molar-refractivity contribution is -0.145. The van der Waals surface area contributed by atoms with Gasteiger partial charge in [0.2, 0.25) is 0 Å². The zero-order chi connectivity index (χ0) is 12.7. The summed E-state index contributed by atoms with van der Waals surface area (Å²) in [6.07, 6.45) is 1.21. The van der Waals surface area contributed by atoms with Crippen molar-refractivity contribution in [1.29, 1.82) is 0 Å². The van der Waals surface area contributed by atoms with Crippen LogP contribution < -0.4 is 0 Å². The third-order valence-corrected chi connectivity index (χ3v) is 2.18. The van der Waals surface area contributed by atoms with Gasteiger partial charge in [-0.2, -0.15) is 0 Å². The van der Waals surface area contributed by atoms with Gasteiger partial charge in [-0.25, -0.2) is 4.39 Å². The lowest BCUT2D eigenvalue weighted by Gasteiger charge is -2.03. The number of ether oxygens (including phenoxy) is 1. The van der Waals surface area contributed by atoms with Crippen molar-refractivity contribution in [2.24, 2.45) is 0 Å². The van der Waals surface area contributed by atoms with Gasteiger partial charge in [-0.3, -0.25) is 9.59 Å². The van der Waals surface area contributed by atoms with Crippen molar-refractivity contribution in [2.45, 2.75) is 26.2 Å². The number of benzene rings is 1. The number of Topliss-reactive ketones (excluding diaryl/α,β-unsaturated/α-hetero) is 1. The Kier molecular flexibility index (Phi) is 5.33. The molecule has 0 atom stereocenters. The summed E-state index contributed by atoms with van der Waals surface area (Å²) in [4.78, 5) is 21.6. The van der Waals surface area contributed by atoms with Gasteiger partial charge in [-0.05, 0) is 37.5 Å². The topological polar surface area (TPSA) is 43.4 Å². The summed E-state index contributed by atoms with van der Waals surface area (Å²) in [6.45, 7) is 1.63. The van der Waals surface area contributed by atoms with E-state index in [2.05, 4.69) is 0 Å². The molecule has 0 N–H and O–H groups in total. The molecule has 17 heavy (non-hydrogen) atoms. The monoisotopic (exact) mass is 238 g/mol. The molecule has 92 valence electrons. The minimum absolute atomic E-state index is 0.170. The molecule has 0 heterocycles. The number of hydrogen-bond acceptors (Lipinski definition) is 3. The molecular formula is C13H15FO3. The third-order valence-electron chi connectivity index (χ3n) is 2.18. The lowest BCUT2D eigenvalue weighted by atomic mass is 10.1. The fourth-order valence-corrected chi connectivity index (χ4v) is 1.37. The summed E-state index contributed by atoms with van der Waals surface area (Å²) in [7, 11) is 0. The van der Waals surface area contributed by atoms with E-state index >= 15 is 0 Å². The van der Waals surface area contributed by atoms with Gasteiger partial charge in [0.1, 0.15) is 18.0 Å². The van der Waals surface area contributed by atoms with Crippen LogP contribution in [0.1, 0.15) is 25.3 Å². The lowest BCUT2D eigenvalue weighted by Crippen LogP contribution is -2.10. The molecule has 0 amide bonds. The van der Waals surface area contributed by atoms with Crippen molar-refractivity contribution < 1.29 is 18.7 Å². The van der Waals surface area contributed by atoms with Gasteiger partial charge >= 0.3 is 5.97 Å². The van der Waals surface area contributed by atoms with E-state index in [1.165, 1.54) is 19.1 Å². The molecule has 1 aromatic carbocycles.